The Balaban J connectivity index is 1.87. The fourth-order valence-electron chi connectivity index (χ4n) is 2.90. The van der Waals surface area contributed by atoms with Gasteiger partial charge in [0, 0.05) is 11.8 Å². The number of aromatic nitrogens is 3. The maximum absolute atomic E-state index is 13.4. The van der Waals surface area contributed by atoms with E-state index in [4.69, 9.17) is 0 Å². The smallest absolute Gasteiger partial charge is 0.241 e. The highest BCUT2D eigenvalue weighted by atomic mass is 19.1. The number of carbonyl (C=O) groups is 1. The number of aromatic amines is 1. The maximum Gasteiger partial charge on any atom is 0.241 e. The van der Waals surface area contributed by atoms with E-state index in [2.05, 4.69) is 20.4 Å². The lowest BCUT2D eigenvalue weighted by molar-refractivity contribution is -0.127. The predicted molar refractivity (Wildman–Crippen MR) is 80.5 cm³/mol. The van der Waals surface area contributed by atoms with E-state index >= 15 is 0 Å². The molecule has 3 aromatic rings. The van der Waals surface area contributed by atoms with Crippen LogP contribution >= 0.6 is 0 Å². The van der Waals surface area contributed by atoms with Crippen LogP contribution in [0.1, 0.15) is 19.8 Å². The molecule has 6 nitrogen and oxygen atoms in total. The van der Waals surface area contributed by atoms with Gasteiger partial charge in [-0.05, 0) is 31.5 Å². The predicted octanol–water partition coefficient (Wildman–Crippen LogP) is 2.59. The van der Waals surface area contributed by atoms with E-state index in [1.165, 1.54) is 18.5 Å². The lowest BCUT2D eigenvalue weighted by atomic mass is 10.2. The number of anilines is 1. The molecule has 0 saturated carbocycles. The Hall–Kier alpha value is -2.70. The molecular weight excluding hydrogens is 285 g/mol. The van der Waals surface area contributed by atoms with Crippen molar-refractivity contribution in [3.63, 3.8) is 0 Å². The summed E-state index contributed by atoms with van der Waals surface area (Å²) in [6.45, 7) is 1.99. The van der Waals surface area contributed by atoms with E-state index in [9.17, 15) is 9.18 Å². The lowest BCUT2D eigenvalue weighted by Gasteiger charge is -2.23. The van der Waals surface area contributed by atoms with Gasteiger partial charge < -0.3 is 4.98 Å². The van der Waals surface area contributed by atoms with Crippen LogP contribution in [0, 0.1) is 5.82 Å². The first-order valence-corrected chi connectivity index (χ1v) is 7.14. The second-order valence-corrected chi connectivity index (χ2v) is 5.52. The van der Waals surface area contributed by atoms with Gasteiger partial charge in [-0.3, -0.25) is 15.2 Å². The Bertz CT molecular complexity index is 890. The number of hydrogen-bond donors (Lipinski definition) is 2. The number of carbonyl (C=O) groups excluding carboxylic acids is 1. The minimum atomic E-state index is -0.315. The maximum atomic E-state index is 13.4. The van der Waals surface area contributed by atoms with Gasteiger partial charge in [-0.1, -0.05) is 0 Å². The van der Waals surface area contributed by atoms with E-state index in [-0.39, 0.29) is 17.8 Å². The highest BCUT2D eigenvalue weighted by Crippen LogP contribution is 2.30. The number of nitrogens with zero attached hydrogens (tertiary/aromatic N) is 3. The van der Waals surface area contributed by atoms with Crippen molar-refractivity contribution in [2.75, 3.05) is 5.43 Å². The van der Waals surface area contributed by atoms with E-state index in [0.29, 0.717) is 23.4 Å². The first kappa shape index (κ1) is 13.0. The number of fused-ring (bicyclic) bond motifs is 3. The van der Waals surface area contributed by atoms with Crippen molar-refractivity contribution in [2.45, 2.75) is 25.8 Å². The summed E-state index contributed by atoms with van der Waals surface area (Å²) in [5.74, 6) is 0.278. The van der Waals surface area contributed by atoms with Gasteiger partial charge in [-0.2, -0.15) is 0 Å². The minimum absolute atomic E-state index is 0.0464. The highest BCUT2D eigenvalue weighted by molar-refractivity contribution is 6.11. The number of rotatable bonds is 2. The third-order valence-electron chi connectivity index (χ3n) is 4.06. The quantitative estimate of drug-likeness (QED) is 0.763. The van der Waals surface area contributed by atoms with Crippen LogP contribution in [0.2, 0.25) is 0 Å². The third-order valence-corrected chi connectivity index (χ3v) is 4.06. The number of benzene rings is 1. The van der Waals surface area contributed by atoms with Gasteiger partial charge in [0.25, 0.3) is 0 Å². The Morgan fingerprint density at radius 1 is 1.41 bits per heavy atom. The van der Waals surface area contributed by atoms with E-state index in [1.807, 2.05) is 6.92 Å². The number of nitrogens with one attached hydrogen (secondary N) is 2. The highest BCUT2D eigenvalue weighted by Gasteiger charge is 2.28. The second kappa shape index (κ2) is 4.66. The van der Waals surface area contributed by atoms with Crippen LogP contribution in [0.5, 0.6) is 0 Å². The number of amides is 1. The molecule has 1 aromatic carbocycles. The fourth-order valence-corrected chi connectivity index (χ4v) is 2.90. The summed E-state index contributed by atoms with van der Waals surface area (Å²) in [5.41, 5.74) is 4.36. The summed E-state index contributed by atoms with van der Waals surface area (Å²) in [4.78, 5) is 23.4. The van der Waals surface area contributed by atoms with Gasteiger partial charge in [0.1, 0.15) is 17.8 Å². The zero-order chi connectivity index (χ0) is 15.3. The summed E-state index contributed by atoms with van der Waals surface area (Å²) in [6, 6.07) is 4.62. The van der Waals surface area contributed by atoms with Crippen LogP contribution < -0.4 is 5.43 Å². The summed E-state index contributed by atoms with van der Waals surface area (Å²) >= 11 is 0. The summed E-state index contributed by atoms with van der Waals surface area (Å²) in [6.07, 6.45) is 2.77. The Labute approximate surface area is 125 Å². The van der Waals surface area contributed by atoms with Crippen molar-refractivity contribution in [2.24, 2.45) is 0 Å². The average Bonchev–Trinajstić information content (AvgIpc) is 3.01. The van der Waals surface area contributed by atoms with Crippen LogP contribution in [-0.4, -0.2) is 31.9 Å². The molecule has 2 N–H and O–H groups in total. The summed E-state index contributed by atoms with van der Waals surface area (Å²) in [5, 5.41) is 3.17. The molecule has 1 fully saturated rings. The summed E-state index contributed by atoms with van der Waals surface area (Å²) in [7, 11) is 0. The van der Waals surface area contributed by atoms with Crippen LogP contribution in [-0.2, 0) is 4.79 Å². The molecule has 0 radical (unpaired) electrons. The summed E-state index contributed by atoms with van der Waals surface area (Å²) < 4.78 is 13.4. The molecule has 0 unspecified atom stereocenters. The zero-order valence-electron chi connectivity index (χ0n) is 11.9. The molecule has 2 aromatic heterocycles. The minimum Gasteiger partial charge on any atom is -0.339 e. The molecular formula is C15H14FN5O. The number of hydrazine groups is 1. The zero-order valence-corrected chi connectivity index (χ0v) is 11.9. The van der Waals surface area contributed by atoms with Gasteiger partial charge in [-0.25, -0.2) is 14.4 Å². The monoisotopic (exact) mass is 299 g/mol. The first-order valence-electron chi connectivity index (χ1n) is 7.14. The molecule has 1 aliphatic heterocycles. The number of halogens is 1. The second-order valence-electron chi connectivity index (χ2n) is 5.52. The standard InChI is InChI=1S/C15H14FN5O/c1-8-2-5-12(22)21(8)20-15-13-10-4-3-9(16)6-11(10)19-14(13)17-7-18-15/h3-4,6-8H,2,5H2,1H3,(H2,17,18,19,20)/t8-/m0/s1. The van der Waals surface area contributed by atoms with Gasteiger partial charge in [0.05, 0.1) is 16.9 Å². The van der Waals surface area contributed by atoms with Crippen LogP contribution in [0.3, 0.4) is 0 Å². The Kier molecular flexibility index (Phi) is 2.75. The Morgan fingerprint density at radius 2 is 2.27 bits per heavy atom. The van der Waals surface area contributed by atoms with E-state index in [0.717, 1.165) is 17.2 Å². The first-order chi connectivity index (χ1) is 10.6. The van der Waals surface area contributed by atoms with Crippen molar-refractivity contribution >= 4 is 33.7 Å². The van der Waals surface area contributed by atoms with Crippen molar-refractivity contribution < 1.29 is 9.18 Å². The normalized spacial score (nSPS) is 18.5. The van der Waals surface area contributed by atoms with Crippen molar-refractivity contribution in [1.82, 2.24) is 20.0 Å². The van der Waals surface area contributed by atoms with Gasteiger partial charge >= 0.3 is 0 Å². The SMILES string of the molecule is C[C@H]1CCC(=O)N1Nc1ncnc2[nH]c3cc(F)ccc3c12. The molecule has 0 spiro atoms. The van der Waals surface area contributed by atoms with Gasteiger partial charge in [0.2, 0.25) is 5.91 Å². The van der Waals surface area contributed by atoms with Crippen molar-refractivity contribution in [1.29, 1.82) is 0 Å². The lowest BCUT2D eigenvalue weighted by Crippen LogP contribution is -2.36. The van der Waals surface area contributed by atoms with Crippen LogP contribution in [0.25, 0.3) is 21.9 Å². The fraction of sp³-hybridized carbons (Fsp3) is 0.267. The van der Waals surface area contributed by atoms with E-state index < -0.39 is 0 Å². The molecule has 1 aliphatic rings. The molecule has 112 valence electrons. The van der Waals surface area contributed by atoms with Gasteiger partial charge in [-0.15, -0.1) is 0 Å². The van der Waals surface area contributed by atoms with Crippen molar-refractivity contribution in [3.05, 3.63) is 30.3 Å². The topological polar surface area (TPSA) is 73.9 Å². The van der Waals surface area contributed by atoms with Crippen LogP contribution in [0.4, 0.5) is 10.2 Å². The van der Waals surface area contributed by atoms with Crippen LogP contribution in [0.15, 0.2) is 24.5 Å². The molecule has 0 aliphatic carbocycles. The number of H-pyrrole nitrogens is 1. The van der Waals surface area contributed by atoms with Gasteiger partial charge in [0.15, 0.2) is 5.82 Å². The number of hydrogen-bond acceptors (Lipinski definition) is 4. The molecule has 1 saturated heterocycles. The molecule has 3 heterocycles. The molecule has 1 atom stereocenters. The molecule has 22 heavy (non-hydrogen) atoms. The molecule has 0 bridgehead atoms. The molecule has 4 rings (SSSR count). The van der Waals surface area contributed by atoms with E-state index in [1.54, 1.807) is 11.1 Å². The third kappa shape index (κ3) is 1.89. The largest absolute Gasteiger partial charge is 0.339 e. The average molecular weight is 299 g/mol. The molecule has 1 amide bonds. The van der Waals surface area contributed by atoms with Crippen molar-refractivity contribution in [3.8, 4) is 0 Å². The molecule has 7 heteroatoms. The Morgan fingerprint density at radius 3 is 3.05 bits per heavy atom.